The lowest BCUT2D eigenvalue weighted by Gasteiger charge is -2.13. The minimum atomic E-state index is 0.0553. The number of hydrogen-bond donors (Lipinski definition) is 2. The van der Waals surface area contributed by atoms with E-state index in [0.717, 1.165) is 11.4 Å². The third-order valence-electron chi connectivity index (χ3n) is 2.34. The number of hydrogen-bond acceptors (Lipinski definition) is 3. The standard InChI is InChI=1S/C13H19ClN2OS/c1-3-15-10(2)8-16-13(17)9-18-12-6-4-11(14)5-7-12/h4-7,10,15H,3,8-9H2,1-2H3,(H,16,17)/t10-/m1/s1. The Kier molecular flexibility index (Phi) is 7.16. The molecule has 1 rings (SSSR count). The SMILES string of the molecule is CCN[C@H](C)CNC(=O)CSc1ccc(Cl)cc1. The average molecular weight is 287 g/mol. The van der Waals surface area contributed by atoms with Gasteiger partial charge in [0.05, 0.1) is 5.75 Å². The van der Waals surface area contributed by atoms with Gasteiger partial charge in [-0.2, -0.15) is 0 Å². The summed E-state index contributed by atoms with van der Waals surface area (Å²) >= 11 is 7.30. The summed E-state index contributed by atoms with van der Waals surface area (Å²) in [6.45, 7) is 5.68. The van der Waals surface area contributed by atoms with Gasteiger partial charge in [0.2, 0.25) is 5.91 Å². The molecule has 0 saturated carbocycles. The maximum absolute atomic E-state index is 11.6. The largest absolute Gasteiger partial charge is 0.354 e. The van der Waals surface area contributed by atoms with Crippen LogP contribution in [0, 0.1) is 0 Å². The van der Waals surface area contributed by atoms with Crippen LogP contribution in [0.4, 0.5) is 0 Å². The molecule has 0 aliphatic heterocycles. The predicted molar refractivity (Wildman–Crippen MR) is 78.3 cm³/mol. The fourth-order valence-electron chi connectivity index (χ4n) is 1.42. The van der Waals surface area contributed by atoms with Crippen LogP contribution in [0.25, 0.3) is 0 Å². The topological polar surface area (TPSA) is 41.1 Å². The Bertz CT molecular complexity index is 370. The highest BCUT2D eigenvalue weighted by Gasteiger charge is 2.05. The van der Waals surface area contributed by atoms with Gasteiger partial charge in [0, 0.05) is 22.5 Å². The zero-order chi connectivity index (χ0) is 13.4. The van der Waals surface area contributed by atoms with Crippen molar-refractivity contribution >= 4 is 29.3 Å². The summed E-state index contributed by atoms with van der Waals surface area (Å²) in [6, 6.07) is 7.80. The summed E-state index contributed by atoms with van der Waals surface area (Å²) in [6.07, 6.45) is 0. The van der Waals surface area contributed by atoms with Gasteiger partial charge in [0.15, 0.2) is 0 Å². The number of nitrogens with one attached hydrogen (secondary N) is 2. The summed E-state index contributed by atoms with van der Waals surface area (Å²) in [4.78, 5) is 12.7. The number of likely N-dealkylation sites (N-methyl/N-ethyl adjacent to an activating group) is 1. The molecule has 1 atom stereocenters. The summed E-state index contributed by atoms with van der Waals surface area (Å²) in [7, 11) is 0. The van der Waals surface area contributed by atoms with Crippen LogP contribution in [0.15, 0.2) is 29.2 Å². The van der Waals surface area contributed by atoms with Crippen molar-refractivity contribution in [3.8, 4) is 0 Å². The van der Waals surface area contributed by atoms with Gasteiger partial charge in [0.25, 0.3) is 0 Å². The van der Waals surface area contributed by atoms with Crippen molar-refractivity contribution in [2.75, 3.05) is 18.8 Å². The number of rotatable bonds is 7. The third-order valence-corrected chi connectivity index (χ3v) is 3.61. The fourth-order valence-corrected chi connectivity index (χ4v) is 2.27. The molecule has 3 nitrogen and oxygen atoms in total. The van der Waals surface area contributed by atoms with Crippen molar-refractivity contribution in [2.45, 2.75) is 24.8 Å². The maximum Gasteiger partial charge on any atom is 0.230 e. The predicted octanol–water partition coefficient (Wildman–Crippen LogP) is 2.55. The highest BCUT2D eigenvalue weighted by Crippen LogP contribution is 2.19. The van der Waals surface area contributed by atoms with Crippen LogP contribution < -0.4 is 10.6 Å². The van der Waals surface area contributed by atoms with E-state index < -0.39 is 0 Å². The first-order valence-electron chi connectivity index (χ1n) is 6.00. The van der Waals surface area contributed by atoms with E-state index in [1.165, 1.54) is 11.8 Å². The van der Waals surface area contributed by atoms with E-state index in [1.54, 1.807) is 0 Å². The Balaban J connectivity index is 2.22. The number of amides is 1. The molecule has 0 aromatic heterocycles. The van der Waals surface area contributed by atoms with E-state index in [4.69, 9.17) is 11.6 Å². The van der Waals surface area contributed by atoms with Crippen LogP contribution in [0.5, 0.6) is 0 Å². The van der Waals surface area contributed by atoms with E-state index in [9.17, 15) is 4.79 Å². The van der Waals surface area contributed by atoms with Gasteiger partial charge in [-0.3, -0.25) is 4.79 Å². The van der Waals surface area contributed by atoms with Crippen molar-refractivity contribution in [3.63, 3.8) is 0 Å². The molecule has 0 fully saturated rings. The molecule has 0 unspecified atom stereocenters. The number of thioether (sulfide) groups is 1. The van der Waals surface area contributed by atoms with Gasteiger partial charge in [-0.25, -0.2) is 0 Å². The number of halogens is 1. The van der Waals surface area contributed by atoms with E-state index in [2.05, 4.69) is 24.5 Å². The second kappa shape index (κ2) is 8.40. The molecule has 1 aromatic carbocycles. The molecule has 1 amide bonds. The van der Waals surface area contributed by atoms with E-state index >= 15 is 0 Å². The van der Waals surface area contributed by atoms with Gasteiger partial charge < -0.3 is 10.6 Å². The van der Waals surface area contributed by atoms with Crippen LogP contribution in [0.2, 0.25) is 5.02 Å². The molecule has 100 valence electrons. The number of benzene rings is 1. The first-order valence-corrected chi connectivity index (χ1v) is 7.36. The lowest BCUT2D eigenvalue weighted by molar-refractivity contribution is -0.118. The van der Waals surface area contributed by atoms with Crippen LogP contribution in [-0.4, -0.2) is 30.8 Å². The Labute approximate surface area is 118 Å². The second-order valence-corrected chi connectivity index (χ2v) is 5.49. The lowest BCUT2D eigenvalue weighted by atomic mass is 10.3. The van der Waals surface area contributed by atoms with Gasteiger partial charge >= 0.3 is 0 Å². The second-order valence-electron chi connectivity index (χ2n) is 4.01. The molecule has 18 heavy (non-hydrogen) atoms. The van der Waals surface area contributed by atoms with Crippen LogP contribution >= 0.6 is 23.4 Å². The Morgan fingerprint density at radius 3 is 2.67 bits per heavy atom. The lowest BCUT2D eigenvalue weighted by Crippen LogP contribution is -2.39. The zero-order valence-electron chi connectivity index (χ0n) is 10.7. The van der Waals surface area contributed by atoms with Crippen LogP contribution in [0.1, 0.15) is 13.8 Å². The molecule has 0 saturated heterocycles. The van der Waals surface area contributed by atoms with E-state index in [-0.39, 0.29) is 5.91 Å². The molecule has 0 aliphatic carbocycles. The minimum Gasteiger partial charge on any atom is -0.354 e. The Morgan fingerprint density at radius 1 is 1.39 bits per heavy atom. The maximum atomic E-state index is 11.6. The molecular weight excluding hydrogens is 268 g/mol. The van der Waals surface area contributed by atoms with Gasteiger partial charge in [-0.05, 0) is 37.7 Å². The van der Waals surface area contributed by atoms with Gasteiger partial charge in [-0.1, -0.05) is 18.5 Å². The van der Waals surface area contributed by atoms with Crippen LogP contribution in [0.3, 0.4) is 0 Å². The molecular formula is C13H19ClN2OS. The van der Waals surface area contributed by atoms with Gasteiger partial charge in [0.1, 0.15) is 0 Å². The summed E-state index contributed by atoms with van der Waals surface area (Å²) in [5.41, 5.74) is 0. The first kappa shape index (κ1) is 15.3. The molecule has 0 spiro atoms. The molecule has 1 aromatic rings. The van der Waals surface area contributed by atoms with Crippen molar-refractivity contribution in [1.29, 1.82) is 0 Å². The molecule has 5 heteroatoms. The summed E-state index contributed by atoms with van der Waals surface area (Å²) < 4.78 is 0. The molecule has 0 heterocycles. The molecule has 2 N–H and O–H groups in total. The minimum absolute atomic E-state index is 0.0553. The van der Waals surface area contributed by atoms with Crippen molar-refractivity contribution in [2.24, 2.45) is 0 Å². The van der Waals surface area contributed by atoms with Gasteiger partial charge in [-0.15, -0.1) is 11.8 Å². The van der Waals surface area contributed by atoms with Crippen molar-refractivity contribution in [1.82, 2.24) is 10.6 Å². The van der Waals surface area contributed by atoms with Crippen molar-refractivity contribution < 1.29 is 4.79 Å². The summed E-state index contributed by atoms with van der Waals surface area (Å²) in [5, 5.41) is 6.86. The quantitative estimate of drug-likeness (QED) is 0.757. The average Bonchev–Trinajstić information content (AvgIpc) is 2.36. The third kappa shape index (κ3) is 6.28. The monoisotopic (exact) mass is 286 g/mol. The Morgan fingerprint density at radius 2 is 2.06 bits per heavy atom. The van der Waals surface area contributed by atoms with Crippen LogP contribution in [-0.2, 0) is 4.79 Å². The van der Waals surface area contributed by atoms with Crippen molar-refractivity contribution in [3.05, 3.63) is 29.3 Å². The zero-order valence-corrected chi connectivity index (χ0v) is 12.3. The van der Waals surface area contributed by atoms with E-state index in [0.29, 0.717) is 23.4 Å². The molecule has 0 bridgehead atoms. The normalized spacial score (nSPS) is 12.2. The number of carbonyl (C=O) groups is 1. The molecule has 0 radical (unpaired) electrons. The Hall–Kier alpha value is -0.710. The first-order chi connectivity index (χ1) is 8.61. The highest BCUT2D eigenvalue weighted by atomic mass is 35.5. The summed E-state index contributed by atoms with van der Waals surface area (Å²) in [5.74, 6) is 0.486. The fraction of sp³-hybridized carbons (Fsp3) is 0.462. The van der Waals surface area contributed by atoms with E-state index in [1.807, 2.05) is 24.3 Å². The highest BCUT2D eigenvalue weighted by molar-refractivity contribution is 8.00. The number of carbonyl (C=O) groups excluding carboxylic acids is 1. The smallest absolute Gasteiger partial charge is 0.230 e. The molecule has 0 aliphatic rings.